The molecular formula is C14H28. The van der Waals surface area contributed by atoms with Crippen molar-refractivity contribution in [3.8, 4) is 0 Å². The molecule has 0 radical (unpaired) electrons. The number of hydrogen-bond donors (Lipinski definition) is 0. The smallest absolute Gasteiger partial charge is 0.0414 e. The van der Waals surface area contributed by atoms with Gasteiger partial charge in [0, 0.05) is 0 Å². The zero-order chi connectivity index (χ0) is 10.1. The average molecular weight is 196 g/mol. The molecule has 1 rings (SSSR count). The maximum atomic E-state index is 2.29. The van der Waals surface area contributed by atoms with Gasteiger partial charge in [-0.2, -0.15) is 0 Å². The molecule has 0 aliphatic heterocycles. The van der Waals surface area contributed by atoms with Crippen molar-refractivity contribution in [3.63, 3.8) is 0 Å². The fraction of sp³-hybridized carbons (Fsp3) is 1.00. The van der Waals surface area contributed by atoms with Gasteiger partial charge >= 0.3 is 0 Å². The molecule has 0 nitrogen and oxygen atoms in total. The zero-order valence-electron chi connectivity index (χ0n) is 10.1. The molecule has 0 aromatic heterocycles. The van der Waals surface area contributed by atoms with Crippen molar-refractivity contribution in [1.82, 2.24) is 0 Å². The van der Waals surface area contributed by atoms with E-state index in [0.717, 1.165) is 5.92 Å². The van der Waals surface area contributed by atoms with E-state index in [9.17, 15) is 0 Å². The zero-order valence-corrected chi connectivity index (χ0v) is 10.1. The molecule has 0 saturated heterocycles. The molecule has 1 aliphatic carbocycles. The van der Waals surface area contributed by atoms with Gasteiger partial charge in [0.25, 0.3) is 0 Å². The van der Waals surface area contributed by atoms with Crippen LogP contribution in [0.25, 0.3) is 0 Å². The maximum Gasteiger partial charge on any atom is -0.0414 e. The third kappa shape index (κ3) is 5.67. The minimum atomic E-state index is 1.11. The Kier molecular flexibility index (Phi) is 7.17. The van der Waals surface area contributed by atoms with Crippen molar-refractivity contribution < 1.29 is 0 Å². The first-order chi connectivity index (χ1) is 6.93. The highest BCUT2D eigenvalue weighted by Crippen LogP contribution is 2.27. The van der Waals surface area contributed by atoms with Crippen molar-refractivity contribution in [2.45, 2.75) is 84.0 Å². The minimum absolute atomic E-state index is 1.11. The Morgan fingerprint density at radius 2 is 1.43 bits per heavy atom. The van der Waals surface area contributed by atoms with E-state index in [-0.39, 0.29) is 0 Å². The summed E-state index contributed by atoms with van der Waals surface area (Å²) in [6.45, 7) is 2.29. The second-order valence-corrected chi connectivity index (χ2v) is 5.06. The Morgan fingerprint density at radius 1 is 0.786 bits per heavy atom. The summed E-state index contributed by atoms with van der Waals surface area (Å²) in [5, 5.41) is 0. The van der Waals surface area contributed by atoms with Crippen LogP contribution in [0.1, 0.15) is 84.0 Å². The molecule has 0 aromatic carbocycles. The van der Waals surface area contributed by atoms with Gasteiger partial charge in [-0.05, 0) is 5.92 Å². The van der Waals surface area contributed by atoms with Gasteiger partial charge in [-0.3, -0.25) is 0 Å². The van der Waals surface area contributed by atoms with Crippen LogP contribution in [-0.4, -0.2) is 0 Å². The lowest BCUT2D eigenvalue weighted by Crippen LogP contribution is -2.05. The Morgan fingerprint density at radius 3 is 2.14 bits per heavy atom. The van der Waals surface area contributed by atoms with Gasteiger partial charge in [0.2, 0.25) is 0 Å². The fourth-order valence-corrected chi connectivity index (χ4v) is 2.69. The van der Waals surface area contributed by atoms with Crippen LogP contribution < -0.4 is 0 Å². The molecule has 0 heteroatoms. The van der Waals surface area contributed by atoms with E-state index in [1.807, 2.05) is 0 Å². The van der Waals surface area contributed by atoms with E-state index in [0.29, 0.717) is 0 Å². The quantitative estimate of drug-likeness (QED) is 0.484. The van der Waals surface area contributed by atoms with E-state index in [1.165, 1.54) is 77.0 Å². The highest BCUT2D eigenvalue weighted by Gasteiger charge is 2.12. The Hall–Kier alpha value is 0. The summed E-state index contributed by atoms with van der Waals surface area (Å²) in [4.78, 5) is 0. The van der Waals surface area contributed by atoms with Gasteiger partial charge in [-0.25, -0.2) is 0 Å². The fourth-order valence-electron chi connectivity index (χ4n) is 2.69. The van der Waals surface area contributed by atoms with E-state index < -0.39 is 0 Å². The van der Waals surface area contributed by atoms with Gasteiger partial charge in [0.05, 0.1) is 0 Å². The standard InChI is InChI=1S/C14H28/c1-2-3-4-5-6-8-11-14-12-9-7-10-13-14/h14H,2-13H2,1H3. The second-order valence-electron chi connectivity index (χ2n) is 5.06. The monoisotopic (exact) mass is 196 g/mol. The lowest BCUT2D eigenvalue weighted by molar-refractivity contribution is 0.328. The highest BCUT2D eigenvalue weighted by molar-refractivity contribution is 4.65. The number of rotatable bonds is 7. The van der Waals surface area contributed by atoms with Crippen molar-refractivity contribution in [2.75, 3.05) is 0 Å². The molecule has 0 N–H and O–H groups in total. The minimum Gasteiger partial charge on any atom is -0.0654 e. The van der Waals surface area contributed by atoms with Crippen LogP contribution in [0, 0.1) is 5.92 Å². The van der Waals surface area contributed by atoms with Gasteiger partial charge in [0.15, 0.2) is 0 Å². The Labute approximate surface area is 90.5 Å². The van der Waals surface area contributed by atoms with E-state index in [2.05, 4.69) is 6.92 Å². The van der Waals surface area contributed by atoms with Crippen LogP contribution in [0.4, 0.5) is 0 Å². The summed E-state index contributed by atoms with van der Waals surface area (Å²) in [6, 6.07) is 0. The maximum absolute atomic E-state index is 2.29. The summed E-state index contributed by atoms with van der Waals surface area (Å²) in [6.07, 6.45) is 17.9. The molecule has 14 heavy (non-hydrogen) atoms. The van der Waals surface area contributed by atoms with Gasteiger partial charge in [-0.15, -0.1) is 0 Å². The van der Waals surface area contributed by atoms with Crippen LogP contribution in [-0.2, 0) is 0 Å². The third-order valence-corrected chi connectivity index (χ3v) is 3.69. The molecule has 0 spiro atoms. The predicted molar refractivity (Wildman–Crippen MR) is 64.6 cm³/mol. The van der Waals surface area contributed by atoms with Crippen LogP contribution in [0.5, 0.6) is 0 Å². The number of unbranched alkanes of at least 4 members (excludes halogenated alkanes) is 5. The summed E-state index contributed by atoms with van der Waals surface area (Å²) in [5.41, 5.74) is 0. The van der Waals surface area contributed by atoms with Crippen molar-refractivity contribution >= 4 is 0 Å². The summed E-state index contributed by atoms with van der Waals surface area (Å²) in [5.74, 6) is 1.11. The van der Waals surface area contributed by atoms with Gasteiger partial charge in [-0.1, -0.05) is 84.0 Å². The topological polar surface area (TPSA) is 0 Å². The first kappa shape index (κ1) is 12.1. The molecular weight excluding hydrogens is 168 g/mol. The summed E-state index contributed by atoms with van der Waals surface area (Å²) >= 11 is 0. The Balaban J connectivity index is 1.82. The van der Waals surface area contributed by atoms with Crippen molar-refractivity contribution in [3.05, 3.63) is 0 Å². The molecule has 0 bridgehead atoms. The van der Waals surface area contributed by atoms with E-state index >= 15 is 0 Å². The van der Waals surface area contributed by atoms with Crippen LogP contribution in [0.15, 0.2) is 0 Å². The molecule has 0 heterocycles. The van der Waals surface area contributed by atoms with E-state index in [4.69, 9.17) is 0 Å². The molecule has 1 saturated carbocycles. The van der Waals surface area contributed by atoms with E-state index in [1.54, 1.807) is 0 Å². The first-order valence-electron chi connectivity index (χ1n) is 6.93. The molecule has 1 aliphatic rings. The predicted octanol–water partition coefficient (Wildman–Crippen LogP) is 5.32. The molecule has 1 fully saturated rings. The molecule has 0 unspecified atom stereocenters. The van der Waals surface area contributed by atoms with Crippen LogP contribution >= 0.6 is 0 Å². The van der Waals surface area contributed by atoms with Gasteiger partial charge < -0.3 is 0 Å². The van der Waals surface area contributed by atoms with Crippen molar-refractivity contribution in [2.24, 2.45) is 5.92 Å². The second kappa shape index (κ2) is 8.32. The van der Waals surface area contributed by atoms with Crippen LogP contribution in [0.3, 0.4) is 0 Å². The van der Waals surface area contributed by atoms with Gasteiger partial charge in [0.1, 0.15) is 0 Å². The third-order valence-electron chi connectivity index (χ3n) is 3.69. The largest absolute Gasteiger partial charge is 0.0654 e. The molecule has 0 atom stereocenters. The normalized spacial score (nSPS) is 18.6. The average Bonchev–Trinajstić information content (AvgIpc) is 2.25. The summed E-state index contributed by atoms with van der Waals surface area (Å²) in [7, 11) is 0. The molecule has 0 amide bonds. The van der Waals surface area contributed by atoms with Crippen LogP contribution in [0.2, 0.25) is 0 Å². The number of hydrogen-bond acceptors (Lipinski definition) is 0. The van der Waals surface area contributed by atoms with Crippen molar-refractivity contribution in [1.29, 1.82) is 0 Å². The Bertz CT molecular complexity index is 111. The molecule has 84 valence electrons. The SMILES string of the molecule is CCCCCCCCC1CCCCC1. The lowest BCUT2D eigenvalue weighted by atomic mass is 9.85. The molecule has 0 aromatic rings. The lowest BCUT2D eigenvalue weighted by Gasteiger charge is -2.21. The summed E-state index contributed by atoms with van der Waals surface area (Å²) < 4.78 is 0. The first-order valence-corrected chi connectivity index (χ1v) is 6.93. The highest BCUT2D eigenvalue weighted by atomic mass is 14.2.